The van der Waals surface area contributed by atoms with E-state index in [0.717, 1.165) is 16.6 Å². The smallest absolute Gasteiger partial charge is 0.0850 e. The van der Waals surface area contributed by atoms with Crippen molar-refractivity contribution < 1.29 is 4.74 Å². The number of aromatic nitrogens is 2. The van der Waals surface area contributed by atoms with Crippen molar-refractivity contribution in [3.05, 3.63) is 42.5 Å². The zero-order chi connectivity index (χ0) is 10.5. The van der Waals surface area contributed by atoms with E-state index in [-0.39, 0.29) is 0 Å². The molecule has 2 aromatic rings. The van der Waals surface area contributed by atoms with Crippen LogP contribution in [0.5, 0.6) is 0 Å². The van der Waals surface area contributed by atoms with Crippen LogP contribution in [-0.4, -0.2) is 16.6 Å². The van der Waals surface area contributed by atoms with Crippen molar-refractivity contribution >= 4 is 17.0 Å². The van der Waals surface area contributed by atoms with Crippen LogP contribution in [-0.2, 0) is 4.74 Å². The Hall–Kier alpha value is -1.90. The first kappa shape index (κ1) is 9.65. The zero-order valence-corrected chi connectivity index (χ0v) is 8.55. The number of pyridine rings is 2. The van der Waals surface area contributed by atoms with Gasteiger partial charge in [-0.3, -0.25) is 4.98 Å². The van der Waals surface area contributed by atoms with E-state index in [1.54, 1.807) is 18.7 Å². The lowest BCUT2D eigenvalue weighted by Gasteiger charge is -1.98. The molecule has 0 saturated heterocycles. The lowest BCUT2D eigenvalue weighted by atomic mass is 10.2. The van der Waals surface area contributed by atoms with Crippen molar-refractivity contribution in [1.82, 2.24) is 9.97 Å². The molecule has 2 aromatic heterocycles. The van der Waals surface area contributed by atoms with E-state index >= 15 is 0 Å². The molecule has 0 aliphatic carbocycles. The van der Waals surface area contributed by atoms with Crippen LogP contribution < -0.4 is 0 Å². The Labute approximate surface area is 88.4 Å². The molecule has 0 saturated carbocycles. The molecule has 0 unspecified atom stereocenters. The summed E-state index contributed by atoms with van der Waals surface area (Å²) in [7, 11) is 0. The van der Waals surface area contributed by atoms with Gasteiger partial charge in [0.25, 0.3) is 0 Å². The van der Waals surface area contributed by atoms with Gasteiger partial charge in [0.2, 0.25) is 0 Å². The molecule has 3 heteroatoms. The van der Waals surface area contributed by atoms with E-state index in [1.165, 1.54) is 0 Å². The van der Waals surface area contributed by atoms with E-state index in [1.807, 2.05) is 31.2 Å². The molecule has 0 N–H and O–H groups in total. The molecule has 0 atom stereocenters. The lowest BCUT2D eigenvalue weighted by Crippen LogP contribution is -1.84. The molecule has 0 fully saturated rings. The Morgan fingerprint density at radius 2 is 2.27 bits per heavy atom. The first-order chi connectivity index (χ1) is 7.40. The van der Waals surface area contributed by atoms with E-state index < -0.39 is 0 Å². The fraction of sp³-hybridized carbons (Fsp3) is 0.167. The summed E-state index contributed by atoms with van der Waals surface area (Å²) in [6.07, 6.45) is 7.06. The van der Waals surface area contributed by atoms with Gasteiger partial charge >= 0.3 is 0 Å². The summed E-state index contributed by atoms with van der Waals surface area (Å²) in [6.45, 7) is 2.62. The summed E-state index contributed by atoms with van der Waals surface area (Å²) in [6, 6.07) is 5.84. The number of hydrogen-bond acceptors (Lipinski definition) is 3. The van der Waals surface area contributed by atoms with Gasteiger partial charge in [-0.2, -0.15) is 0 Å². The number of ether oxygens (including phenoxy) is 1. The Bertz CT molecular complexity index is 480. The predicted octanol–water partition coefficient (Wildman–Crippen LogP) is 2.64. The standard InChI is InChI=1S/C12H12N2O/c1-2-15-8-6-11-4-3-10-9-13-7-5-12(10)14-11/h3-9H,2H2,1H3/b8-6+. The number of rotatable bonds is 3. The minimum absolute atomic E-state index is 0.675. The van der Waals surface area contributed by atoms with Crippen LogP contribution in [0.2, 0.25) is 0 Å². The van der Waals surface area contributed by atoms with Gasteiger partial charge in [-0.25, -0.2) is 4.98 Å². The van der Waals surface area contributed by atoms with Crippen molar-refractivity contribution in [1.29, 1.82) is 0 Å². The summed E-state index contributed by atoms with van der Waals surface area (Å²) in [5.74, 6) is 0. The lowest BCUT2D eigenvalue weighted by molar-refractivity contribution is 0.272. The molecule has 0 aliphatic heterocycles. The Morgan fingerprint density at radius 3 is 3.13 bits per heavy atom. The first-order valence-corrected chi connectivity index (χ1v) is 4.89. The molecule has 0 radical (unpaired) electrons. The molecule has 0 aliphatic rings. The highest BCUT2D eigenvalue weighted by Gasteiger charge is 1.94. The molecule has 0 amide bonds. The molecule has 0 aromatic carbocycles. The summed E-state index contributed by atoms with van der Waals surface area (Å²) < 4.78 is 5.12. The Balaban J connectivity index is 2.30. The van der Waals surface area contributed by atoms with Gasteiger partial charge < -0.3 is 4.74 Å². The fourth-order valence-corrected chi connectivity index (χ4v) is 1.29. The third-order valence-corrected chi connectivity index (χ3v) is 2.01. The van der Waals surface area contributed by atoms with Gasteiger partial charge in [-0.1, -0.05) is 0 Å². The van der Waals surface area contributed by atoms with Gasteiger partial charge in [-0.05, 0) is 31.2 Å². The van der Waals surface area contributed by atoms with Crippen LogP contribution in [0, 0.1) is 0 Å². The summed E-state index contributed by atoms with van der Waals surface area (Å²) in [5, 5.41) is 1.05. The monoisotopic (exact) mass is 200 g/mol. The summed E-state index contributed by atoms with van der Waals surface area (Å²) in [4.78, 5) is 8.48. The van der Waals surface area contributed by atoms with Gasteiger partial charge in [0.1, 0.15) is 0 Å². The SMILES string of the molecule is CCO/C=C/c1ccc2cnccc2n1. The zero-order valence-electron chi connectivity index (χ0n) is 8.55. The second-order valence-corrected chi connectivity index (χ2v) is 3.06. The molecule has 76 valence electrons. The number of nitrogens with zero attached hydrogens (tertiary/aromatic N) is 2. The van der Waals surface area contributed by atoms with Gasteiger partial charge in [0, 0.05) is 17.8 Å². The summed E-state index contributed by atoms with van der Waals surface area (Å²) >= 11 is 0. The Morgan fingerprint density at radius 1 is 1.33 bits per heavy atom. The van der Waals surface area contributed by atoms with Crippen molar-refractivity contribution in [2.24, 2.45) is 0 Å². The van der Waals surface area contributed by atoms with Crippen molar-refractivity contribution in [2.45, 2.75) is 6.92 Å². The molecular formula is C12H12N2O. The van der Waals surface area contributed by atoms with Crippen molar-refractivity contribution in [2.75, 3.05) is 6.61 Å². The molecule has 0 spiro atoms. The van der Waals surface area contributed by atoms with Crippen LogP contribution in [0.4, 0.5) is 0 Å². The average Bonchev–Trinajstić information content (AvgIpc) is 2.29. The highest BCUT2D eigenvalue weighted by molar-refractivity contribution is 5.78. The summed E-state index contributed by atoms with van der Waals surface area (Å²) in [5.41, 5.74) is 1.84. The molecule has 3 nitrogen and oxygen atoms in total. The number of hydrogen-bond donors (Lipinski definition) is 0. The minimum atomic E-state index is 0.675. The molecule has 0 bridgehead atoms. The maximum absolute atomic E-state index is 5.12. The van der Waals surface area contributed by atoms with Crippen molar-refractivity contribution in [3.8, 4) is 0 Å². The molecule has 2 rings (SSSR count). The molecule has 2 heterocycles. The van der Waals surface area contributed by atoms with Crippen LogP contribution >= 0.6 is 0 Å². The van der Waals surface area contributed by atoms with E-state index in [9.17, 15) is 0 Å². The van der Waals surface area contributed by atoms with Crippen LogP contribution in [0.15, 0.2) is 36.9 Å². The van der Waals surface area contributed by atoms with Crippen LogP contribution in [0.25, 0.3) is 17.0 Å². The quantitative estimate of drug-likeness (QED) is 0.714. The minimum Gasteiger partial charge on any atom is -0.501 e. The highest BCUT2D eigenvalue weighted by Crippen LogP contribution is 2.11. The molecular weight excluding hydrogens is 188 g/mol. The van der Waals surface area contributed by atoms with E-state index in [2.05, 4.69) is 9.97 Å². The Kier molecular flexibility index (Phi) is 2.93. The maximum atomic E-state index is 5.12. The highest BCUT2D eigenvalue weighted by atomic mass is 16.5. The second-order valence-electron chi connectivity index (χ2n) is 3.06. The van der Waals surface area contributed by atoms with Gasteiger partial charge in [-0.15, -0.1) is 0 Å². The fourth-order valence-electron chi connectivity index (χ4n) is 1.29. The maximum Gasteiger partial charge on any atom is 0.0850 e. The third kappa shape index (κ3) is 2.31. The largest absolute Gasteiger partial charge is 0.501 e. The second kappa shape index (κ2) is 4.55. The first-order valence-electron chi connectivity index (χ1n) is 4.89. The van der Waals surface area contributed by atoms with E-state index in [0.29, 0.717) is 6.61 Å². The van der Waals surface area contributed by atoms with Crippen LogP contribution in [0.3, 0.4) is 0 Å². The topological polar surface area (TPSA) is 35.0 Å². The normalized spacial score (nSPS) is 11.0. The number of fused-ring (bicyclic) bond motifs is 1. The van der Waals surface area contributed by atoms with Crippen LogP contribution in [0.1, 0.15) is 12.6 Å². The van der Waals surface area contributed by atoms with Gasteiger partial charge in [0.15, 0.2) is 0 Å². The van der Waals surface area contributed by atoms with E-state index in [4.69, 9.17) is 4.74 Å². The predicted molar refractivity (Wildman–Crippen MR) is 60.2 cm³/mol. The van der Waals surface area contributed by atoms with Crippen molar-refractivity contribution in [3.63, 3.8) is 0 Å². The van der Waals surface area contributed by atoms with Gasteiger partial charge in [0.05, 0.1) is 24.1 Å². The third-order valence-electron chi connectivity index (χ3n) is 2.01. The molecule has 15 heavy (non-hydrogen) atoms. The average molecular weight is 200 g/mol.